The van der Waals surface area contributed by atoms with Crippen LogP contribution in [-0.2, 0) is 28.7 Å². The van der Waals surface area contributed by atoms with Crippen LogP contribution in [0.5, 0.6) is 0 Å². The molecule has 1 aromatic rings. The number of methoxy groups -OCH3 is 1. The van der Waals surface area contributed by atoms with E-state index in [1.807, 2.05) is 19.9 Å². The van der Waals surface area contributed by atoms with Crippen molar-refractivity contribution in [2.24, 2.45) is 5.73 Å². The van der Waals surface area contributed by atoms with Gasteiger partial charge in [-0.15, -0.1) is 0 Å². The molecule has 2 rings (SSSR count). The smallest absolute Gasteiger partial charge is 0.408 e. The van der Waals surface area contributed by atoms with Gasteiger partial charge < -0.3 is 30.7 Å². The van der Waals surface area contributed by atoms with E-state index in [1.54, 1.807) is 32.9 Å². The predicted octanol–water partition coefficient (Wildman–Crippen LogP) is 1.78. The number of hydrogen-bond acceptors (Lipinski definition) is 7. The van der Waals surface area contributed by atoms with Gasteiger partial charge >= 0.3 is 12.1 Å². The van der Waals surface area contributed by atoms with Crippen LogP contribution in [0.25, 0.3) is 0 Å². The number of esters is 1. The molecule has 0 saturated heterocycles. The van der Waals surface area contributed by atoms with Gasteiger partial charge in [-0.2, -0.15) is 0 Å². The lowest BCUT2D eigenvalue weighted by atomic mass is 9.87. The van der Waals surface area contributed by atoms with Gasteiger partial charge in [0.25, 0.3) is 0 Å². The van der Waals surface area contributed by atoms with E-state index < -0.39 is 53.9 Å². The summed E-state index contributed by atoms with van der Waals surface area (Å²) in [6, 6.07) is 2.59. The average molecular weight is 519 g/mol. The fourth-order valence-corrected chi connectivity index (χ4v) is 3.92. The molecule has 0 aliphatic heterocycles. The molecule has 2 atom stereocenters. The monoisotopic (exact) mass is 518 g/mol. The van der Waals surface area contributed by atoms with Crippen molar-refractivity contribution in [3.8, 4) is 0 Å². The van der Waals surface area contributed by atoms with Crippen LogP contribution >= 0.6 is 0 Å². The molecule has 1 aliphatic carbocycles. The second-order valence-corrected chi connectivity index (χ2v) is 10.2. The van der Waals surface area contributed by atoms with Gasteiger partial charge in [-0.1, -0.05) is 18.2 Å². The summed E-state index contributed by atoms with van der Waals surface area (Å²) >= 11 is 0. The normalized spacial score (nSPS) is 15.0. The van der Waals surface area contributed by atoms with Crippen LogP contribution in [0, 0.1) is 13.8 Å². The molecular weight excluding hydrogens is 480 g/mol. The molecule has 1 aliphatic rings. The van der Waals surface area contributed by atoms with Crippen molar-refractivity contribution in [2.45, 2.75) is 84.0 Å². The number of nitrogens with zero attached hydrogens (tertiary/aromatic N) is 1. The standard InChI is InChI=1S/C26H38N4O7/c1-15-10-11-17(12-16(15)2)22(23(33)28-14-21(32)36-6)30(18-8-7-9-18)24(34)19(13-20(27)31)29-25(35)37-26(3,4)5/h10-12,18-19,22H,7-9,13-14H2,1-6H3,(H2,27,31)(H,28,33)(H,29,35). The van der Waals surface area contributed by atoms with Crippen molar-refractivity contribution in [1.29, 1.82) is 0 Å². The first-order valence-corrected chi connectivity index (χ1v) is 12.2. The summed E-state index contributed by atoms with van der Waals surface area (Å²) in [6.45, 7) is 8.43. The largest absolute Gasteiger partial charge is 0.468 e. The molecule has 0 spiro atoms. The third-order valence-corrected chi connectivity index (χ3v) is 6.12. The van der Waals surface area contributed by atoms with E-state index in [9.17, 15) is 24.0 Å². The molecule has 0 aromatic heterocycles. The zero-order chi connectivity index (χ0) is 27.9. The number of carbonyl (C=O) groups excluding carboxylic acids is 5. The lowest BCUT2D eigenvalue weighted by Crippen LogP contribution is -2.58. The number of benzene rings is 1. The number of aryl methyl sites for hydroxylation is 2. The second-order valence-electron chi connectivity index (χ2n) is 10.2. The number of nitrogens with two attached hydrogens (primary N) is 1. The topological polar surface area (TPSA) is 157 Å². The zero-order valence-corrected chi connectivity index (χ0v) is 22.4. The minimum Gasteiger partial charge on any atom is -0.468 e. The van der Waals surface area contributed by atoms with Crippen molar-refractivity contribution in [1.82, 2.24) is 15.5 Å². The number of rotatable bonds is 10. The fourth-order valence-electron chi connectivity index (χ4n) is 3.92. The lowest BCUT2D eigenvalue weighted by Gasteiger charge is -2.43. The summed E-state index contributed by atoms with van der Waals surface area (Å²) in [5.41, 5.74) is 7.00. The number of amides is 4. The number of alkyl carbamates (subject to hydrolysis) is 1. The van der Waals surface area contributed by atoms with Gasteiger partial charge in [0, 0.05) is 6.04 Å². The molecule has 11 heteroatoms. The number of hydrogen-bond donors (Lipinski definition) is 3. The van der Waals surface area contributed by atoms with E-state index >= 15 is 0 Å². The highest BCUT2D eigenvalue weighted by Gasteiger charge is 2.42. The van der Waals surface area contributed by atoms with E-state index in [0.717, 1.165) is 17.5 Å². The molecule has 1 aromatic carbocycles. The lowest BCUT2D eigenvalue weighted by molar-refractivity contribution is -0.149. The Bertz CT molecular complexity index is 1030. The zero-order valence-electron chi connectivity index (χ0n) is 22.4. The van der Waals surface area contributed by atoms with E-state index in [4.69, 9.17) is 10.5 Å². The summed E-state index contributed by atoms with van der Waals surface area (Å²) in [6.07, 6.45) is 0.737. The van der Waals surface area contributed by atoms with Crippen molar-refractivity contribution in [3.05, 3.63) is 34.9 Å². The summed E-state index contributed by atoms with van der Waals surface area (Å²) in [5.74, 6) is -2.69. The van der Waals surface area contributed by atoms with Gasteiger partial charge in [-0.05, 0) is 70.6 Å². The molecule has 204 valence electrons. The third-order valence-electron chi connectivity index (χ3n) is 6.12. The number of nitrogens with one attached hydrogen (secondary N) is 2. The van der Waals surface area contributed by atoms with Crippen LogP contribution in [-0.4, -0.2) is 66.0 Å². The number of ether oxygens (including phenoxy) is 2. The average Bonchev–Trinajstić information content (AvgIpc) is 2.75. The summed E-state index contributed by atoms with van der Waals surface area (Å²) < 4.78 is 9.90. The molecule has 1 fully saturated rings. The van der Waals surface area contributed by atoms with Crippen LogP contribution in [0.4, 0.5) is 4.79 Å². The number of primary amides is 1. The Labute approximate surface area is 217 Å². The van der Waals surface area contributed by atoms with Crippen molar-refractivity contribution >= 4 is 29.8 Å². The highest BCUT2D eigenvalue weighted by Crippen LogP contribution is 2.34. The Morgan fingerprint density at radius 3 is 2.24 bits per heavy atom. The van der Waals surface area contributed by atoms with Crippen LogP contribution in [0.1, 0.15) is 69.2 Å². The van der Waals surface area contributed by atoms with Gasteiger partial charge in [0.05, 0.1) is 13.5 Å². The van der Waals surface area contributed by atoms with E-state index in [2.05, 4.69) is 15.4 Å². The minimum atomic E-state index is -1.35. The molecule has 11 nitrogen and oxygen atoms in total. The maximum Gasteiger partial charge on any atom is 0.408 e. The Kier molecular flexibility index (Phi) is 10.0. The Balaban J connectivity index is 2.51. The summed E-state index contributed by atoms with van der Waals surface area (Å²) in [5, 5.41) is 5.00. The first kappa shape index (κ1) is 29.6. The molecular formula is C26H38N4O7. The maximum atomic E-state index is 14.0. The first-order chi connectivity index (χ1) is 17.2. The Morgan fingerprint density at radius 1 is 1.11 bits per heavy atom. The highest BCUT2D eigenvalue weighted by molar-refractivity contribution is 5.95. The van der Waals surface area contributed by atoms with E-state index in [-0.39, 0.29) is 12.6 Å². The highest BCUT2D eigenvalue weighted by atomic mass is 16.6. The Hall–Kier alpha value is -3.63. The van der Waals surface area contributed by atoms with Gasteiger partial charge in [0.15, 0.2) is 0 Å². The molecule has 4 N–H and O–H groups in total. The van der Waals surface area contributed by atoms with Crippen LogP contribution in [0.15, 0.2) is 18.2 Å². The molecule has 0 radical (unpaired) electrons. The molecule has 1 saturated carbocycles. The number of carbonyl (C=O) groups is 5. The first-order valence-electron chi connectivity index (χ1n) is 12.2. The Morgan fingerprint density at radius 2 is 1.76 bits per heavy atom. The van der Waals surface area contributed by atoms with E-state index in [1.165, 1.54) is 12.0 Å². The van der Waals surface area contributed by atoms with Gasteiger partial charge in [0.1, 0.15) is 24.2 Å². The van der Waals surface area contributed by atoms with Crippen LogP contribution in [0.3, 0.4) is 0 Å². The van der Waals surface area contributed by atoms with Crippen molar-refractivity contribution < 1.29 is 33.4 Å². The van der Waals surface area contributed by atoms with Gasteiger partial charge in [0.2, 0.25) is 17.7 Å². The molecule has 0 heterocycles. The van der Waals surface area contributed by atoms with Crippen molar-refractivity contribution in [2.75, 3.05) is 13.7 Å². The SMILES string of the molecule is COC(=O)CNC(=O)C(c1ccc(C)c(C)c1)N(C(=O)C(CC(N)=O)NC(=O)OC(C)(C)C)C1CCC1. The molecule has 0 bridgehead atoms. The molecule has 2 unspecified atom stereocenters. The second kappa shape index (κ2) is 12.6. The maximum absolute atomic E-state index is 14.0. The fraction of sp³-hybridized carbons (Fsp3) is 0.577. The van der Waals surface area contributed by atoms with E-state index in [0.29, 0.717) is 18.4 Å². The molecule has 37 heavy (non-hydrogen) atoms. The van der Waals surface area contributed by atoms with Gasteiger partial charge in [-0.3, -0.25) is 19.2 Å². The third kappa shape index (κ3) is 8.47. The van der Waals surface area contributed by atoms with Crippen molar-refractivity contribution in [3.63, 3.8) is 0 Å². The summed E-state index contributed by atoms with van der Waals surface area (Å²) in [4.78, 5) is 64.9. The van der Waals surface area contributed by atoms with Crippen LogP contribution < -0.4 is 16.4 Å². The quantitative estimate of drug-likeness (QED) is 0.398. The summed E-state index contributed by atoms with van der Waals surface area (Å²) in [7, 11) is 1.20. The minimum absolute atomic E-state index is 0.321. The van der Waals surface area contributed by atoms with Crippen LogP contribution in [0.2, 0.25) is 0 Å². The molecule has 4 amide bonds. The van der Waals surface area contributed by atoms with Gasteiger partial charge in [-0.25, -0.2) is 4.79 Å². The predicted molar refractivity (Wildman–Crippen MR) is 135 cm³/mol.